The summed E-state index contributed by atoms with van der Waals surface area (Å²) in [6.45, 7) is 3.87. The molecule has 1 heterocycles. The van der Waals surface area contributed by atoms with Gasteiger partial charge < -0.3 is 9.47 Å². The smallest absolute Gasteiger partial charge is 0.160 e. The van der Waals surface area contributed by atoms with Crippen LogP contribution in [0.2, 0.25) is 0 Å². The second-order valence-corrected chi connectivity index (χ2v) is 10.6. The van der Waals surface area contributed by atoms with Crippen molar-refractivity contribution in [1.82, 2.24) is 0 Å². The SMILES string of the molecule is CCC/C=C/[C@H]1CO[C@H]([C@H]2CC[C@H]([C@H]3CC[C@H](CCc4ccc(F)cc4)CC3)CC2)OC1. The normalized spacial score (nSPS) is 34.1. The maximum Gasteiger partial charge on any atom is 0.160 e. The standard InChI is InChI=1S/C29H43FO2/c1-2-3-4-5-24-20-31-29(32-21-24)27-16-14-26(15-17-27)25-12-8-22(9-13-25)6-7-23-10-18-28(30)19-11-23/h4-5,10-11,18-19,22,24-27,29H,2-3,6-9,12-17,20-21H2,1H3/b5-4+/t22-,24-,25-,26-,27-,29-. The van der Waals surface area contributed by atoms with E-state index >= 15 is 0 Å². The predicted molar refractivity (Wildman–Crippen MR) is 129 cm³/mol. The molecule has 32 heavy (non-hydrogen) atoms. The summed E-state index contributed by atoms with van der Waals surface area (Å²) in [5.41, 5.74) is 1.28. The molecule has 0 amide bonds. The highest BCUT2D eigenvalue weighted by atomic mass is 19.1. The van der Waals surface area contributed by atoms with E-state index in [4.69, 9.17) is 9.47 Å². The van der Waals surface area contributed by atoms with E-state index in [1.54, 1.807) is 12.1 Å². The van der Waals surface area contributed by atoms with Crippen LogP contribution in [0.3, 0.4) is 0 Å². The van der Waals surface area contributed by atoms with E-state index < -0.39 is 0 Å². The van der Waals surface area contributed by atoms with Crippen LogP contribution in [-0.2, 0) is 15.9 Å². The summed E-state index contributed by atoms with van der Waals surface area (Å²) >= 11 is 0. The fourth-order valence-electron chi connectivity index (χ4n) is 6.23. The topological polar surface area (TPSA) is 18.5 Å². The van der Waals surface area contributed by atoms with Crippen LogP contribution in [0.25, 0.3) is 0 Å². The number of allylic oxidation sites excluding steroid dienone is 1. The Balaban J connectivity index is 1.12. The van der Waals surface area contributed by atoms with Crippen LogP contribution in [-0.4, -0.2) is 19.5 Å². The van der Waals surface area contributed by atoms with Crippen LogP contribution in [0.1, 0.15) is 83.1 Å². The fourth-order valence-corrected chi connectivity index (χ4v) is 6.23. The summed E-state index contributed by atoms with van der Waals surface area (Å²) in [7, 11) is 0. The number of unbranched alkanes of at least 4 members (excludes halogenated alkanes) is 1. The second kappa shape index (κ2) is 12.3. The van der Waals surface area contributed by atoms with Gasteiger partial charge >= 0.3 is 0 Å². The Labute approximate surface area is 195 Å². The number of hydrogen-bond donors (Lipinski definition) is 0. The molecule has 178 valence electrons. The minimum absolute atomic E-state index is 0.0361. The molecular weight excluding hydrogens is 399 g/mol. The molecule has 2 aliphatic carbocycles. The Morgan fingerprint density at radius 2 is 1.44 bits per heavy atom. The van der Waals surface area contributed by atoms with Crippen molar-refractivity contribution in [2.45, 2.75) is 90.3 Å². The maximum absolute atomic E-state index is 13.1. The second-order valence-electron chi connectivity index (χ2n) is 10.6. The zero-order valence-corrected chi connectivity index (χ0v) is 20.0. The lowest BCUT2D eigenvalue weighted by Crippen LogP contribution is -2.38. The number of rotatable bonds is 8. The quantitative estimate of drug-likeness (QED) is 0.384. The Morgan fingerprint density at radius 3 is 2.06 bits per heavy atom. The monoisotopic (exact) mass is 442 g/mol. The van der Waals surface area contributed by atoms with Gasteiger partial charge in [-0.3, -0.25) is 0 Å². The summed E-state index contributed by atoms with van der Waals surface area (Å²) in [5, 5.41) is 0. The molecule has 4 rings (SSSR count). The lowest BCUT2D eigenvalue weighted by Gasteiger charge is -2.40. The summed E-state index contributed by atoms with van der Waals surface area (Å²) in [6.07, 6.45) is 20.2. The van der Waals surface area contributed by atoms with E-state index in [0.29, 0.717) is 11.8 Å². The van der Waals surface area contributed by atoms with Crippen molar-refractivity contribution in [3.63, 3.8) is 0 Å². The maximum atomic E-state index is 13.1. The fraction of sp³-hybridized carbons (Fsp3) is 0.724. The number of aryl methyl sites for hydroxylation is 1. The molecule has 1 aliphatic heterocycles. The molecule has 0 radical (unpaired) electrons. The van der Waals surface area contributed by atoms with E-state index in [1.807, 2.05) is 12.1 Å². The van der Waals surface area contributed by atoms with Crippen LogP contribution in [0.15, 0.2) is 36.4 Å². The summed E-state index contributed by atoms with van der Waals surface area (Å²) in [5.74, 6) is 3.61. The van der Waals surface area contributed by atoms with Crippen LogP contribution >= 0.6 is 0 Å². The molecule has 0 unspecified atom stereocenters. The van der Waals surface area contributed by atoms with Gasteiger partial charge in [-0.1, -0.05) is 50.5 Å². The predicted octanol–water partition coefficient (Wildman–Crippen LogP) is 7.72. The van der Waals surface area contributed by atoms with Gasteiger partial charge in [-0.05, 0) is 93.2 Å². The molecule has 0 atom stereocenters. The summed E-state index contributed by atoms with van der Waals surface area (Å²) in [4.78, 5) is 0. The van der Waals surface area contributed by atoms with Crippen molar-refractivity contribution >= 4 is 0 Å². The van der Waals surface area contributed by atoms with Gasteiger partial charge in [0.05, 0.1) is 13.2 Å². The van der Waals surface area contributed by atoms with Gasteiger partial charge in [-0.25, -0.2) is 4.39 Å². The highest BCUT2D eigenvalue weighted by Crippen LogP contribution is 2.43. The van der Waals surface area contributed by atoms with Crippen molar-refractivity contribution in [3.8, 4) is 0 Å². The Morgan fingerprint density at radius 1 is 0.844 bits per heavy atom. The van der Waals surface area contributed by atoms with Crippen molar-refractivity contribution in [2.24, 2.45) is 29.6 Å². The van der Waals surface area contributed by atoms with E-state index in [9.17, 15) is 4.39 Å². The average Bonchev–Trinajstić information content (AvgIpc) is 2.85. The molecule has 0 aromatic heterocycles. The largest absolute Gasteiger partial charge is 0.352 e. The van der Waals surface area contributed by atoms with Crippen molar-refractivity contribution < 1.29 is 13.9 Å². The zero-order valence-electron chi connectivity index (χ0n) is 20.0. The first-order valence-electron chi connectivity index (χ1n) is 13.4. The molecule has 0 spiro atoms. The highest BCUT2D eigenvalue weighted by Gasteiger charge is 2.35. The van der Waals surface area contributed by atoms with Crippen molar-refractivity contribution in [1.29, 1.82) is 0 Å². The van der Waals surface area contributed by atoms with Crippen LogP contribution in [0.4, 0.5) is 4.39 Å². The van der Waals surface area contributed by atoms with Crippen LogP contribution in [0.5, 0.6) is 0 Å². The third kappa shape index (κ3) is 6.90. The van der Waals surface area contributed by atoms with E-state index in [0.717, 1.165) is 43.8 Å². The Hall–Kier alpha value is -1.19. The number of halogens is 1. The minimum atomic E-state index is -0.130. The van der Waals surface area contributed by atoms with Crippen LogP contribution < -0.4 is 0 Å². The van der Waals surface area contributed by atoms with Gasteiger partial charge in [-0.15, -0.1) is 0 Å². The van der Waals surface area contributed by atoms with E-state index in [-0.39, 0.29) is 12.1 Å². The molecule has 0 N–H and O–H groups in total. The first kappa shape index (κ1) is 24.0. The molecule has 3 fully saturated rings. The van der Waals surface area contributed by atoms with Gasteiger partial charge in [0.2, 0.25) is 0 Å². The lowest BCUT2D eigenvalue weighted by atomic mass is 9.68. The van der Waals surface area contributed by atoms with Gasteiger partial charge in [0.15, 0.2) is 6.29 Å². The molecule has 2 saturated carbocycles. The molecule has 0 bridgehead atoms. The molecule has 1 saturated heterocycles. The molecule has 1 aromatic rings. The third-order valence-corrected chi connectivity index (χ3v) is 8.33. The molecule has 1 aromatic carbocycles. The van der Waals surface area contributed by atoms with Gasteiger partial charge in [0, 0.05) is 11.8 Å². The minimum Gasteiger partial charge on any atom is -0.352 e. The molecule has 2 nitrogen and oxygen atoms in total. The first-order chi connectivity index (χ1) is 15.7. The van der Waals surface area contributed by atoms with Crippen molar-refractivity contribution in [3.05, 3.63) is 47.8 Å². The van der Waals surface area contributed by atoms with Gasteiger partial charge in [-0.2, -0.15) is 0 Å². The Kier molecular flexibility index (Phi) is 9.22. The van der Waals surface area contributed by atoms with Crippen molar-refractivity contribution in [2.75, 3.05) is 13.2 Å². The number of benzene rings is 1. The van der Waals surface area contributed by atoms with E-state index in [2.05, 4.69) is 19.1 Å². The van der Waals surface area contributed by atoms with Crippen LogP contribution in [0, 0.1) is 35.4 Å². The number of hydrogen-bond acceptors (Lipinski definition) is 2. The third-order valence-electron chi connectivity index (χ3n) is 8.33. The highest BCUT2D eigenvalue weighted by molar-refractivity contribution is 5.16. The Bertz CT molecular complexity index is 676. The molecular formula is C29H43FO2. The number of ether oxygens (including phenoxy) is 2. The molecule has 3 aliphatic rings. The first-order valence-corrected chi connectivity index (χ1v) is 13.4. The summed E-state index contributed by atoms with van der Waals surface area (Å²) < 4.78 is 25.3. The van der Waals surface area contributed by atoms with Gasteiger partial charge in [0.1, 0.15) is 5.82 Å². The van der Waals surface area contributed by atoms with E-state index in [1.165, 1.54) is 69.8 Å². The summed E-state index contributed by atoms with van der Waals surface area (Å²) in [6, 6.07) is 7.08. The van der Waals surface area contributed by atoms with Gasteiger partial charge in [0.25, 0.3) is 0 Å². The zero-order chi connectivity index (χ0) is 22.2. The lowest BCUT2D eigenvalue weighted by molar-refractivity contribution is -0.223. The average molecular weight is 443 g/mol. The molecule has 3 heteroatoms.